The third-order valence-electron chi connectivity index (χ3n) is 4.21. The summed E-state index contributed by atoms with van der Waals surface area (Å²) in [5.41, 5.74) is 5.16. The number of methoxy groups -OCH3 is 1. The maximum atomic E-state index is 12.4. The number of nitrogens with one attached hydrogen (secondary N) is 2. The van der Waals surface area contributed by atoms with E-state index >= 15 is 0 Å². The van der Waals surface area contributed by atoms with Crippen LogP contribution >= 0.6 is 23.1 Å². The molecule has 3 aromatic rings. The first-order chi connectivity index (χ1) is 15.4. The normalized spacial score (nSPS) is 10.8. The second kappa shape index (κ2) is 11.0. The molecule has 1 aromatic carbocycles. The number of ether oxygens (including phenoxy) is 2. The zero-order valence-electron chi connectivity index (χ0n) is 18.2. The average molecular weight is 476 g/mol. The van der Waals surface area contributed by atoms with Gasteiger partial charge in [0.2, 0.25) is 5.91 Å². The molecule has 0 unspecified atom stereocenters. The van der Waals surface area contributed by atoms with E-state index in [0.717, 1.165) is 10.7 Å². The summed E-state index contributed by atoms with van der Waals surface area (Å²) in [6.45, 7) is 6.48. The highest BCUT2D eigenvalue weighted by Gasteiger charge is 2.16. The number of carbonyl (C=O) groups excluding carboxylic acids is 2. The summed E-state index contributed by atoms with van der Waals surface area (Å²) >= 11 is 2.84. The number of hydrogen-bond donors (Lipinski definition) is 2. The van der Waals surface area contributed by atoms with E-state index in [4.69, 9.17) is 9.47 Å². The maximum absolute atomic E-state index is 12.4. The van der Waals surface area contributed by atoms with Gasteiger partial charge in [-0.05, 0) is 50.4 Å². The number of hydrogen-bond acceptors (Lipinski definition) is 8. The van der Waals surface area contributed by atoms with Crippen LogP contribution in [0.1, 0.15) is 31.1 Å². The van der Waals surface area contributed by atoms with Crippen molar-refractivity contribution in [1.29, 1.82) is 0 Å². The molecule has 0 fully saturated rings. The molecule has 9 nitrogen and oxygen atoms in total. The fourth-order valence-electron chi connectivity index (χ4n) is 2.79. The first kappa shape index (κ1) is 23.6. The highest BCUT2D eigenvalue weighted by Crippen LogP contribution is 2.29. The molecule has 3 rings (SSSR count). The Morgan fingerprint density at radius 3 is 2.66 bits per heavy atom. The molecule has 2 amide bonds. The van der Waals surface area contributed by atoms with Crippen LogP contribution in [0, 0.1) is 0 Å². The van der Waals surface area contributed by atoms with Gasteiger partial charge in [-0.1, -0.05) is 17.8 Å². The van der Waals surface area contributed by atoms with E-state index in [9.17, 15) is 9.59 Å². The second-order valence-corrected chi connectivity index (χ2v) is 8.74. The Kier molecular flexibility index (Phi) is 8.12. The van der Waals surface area contributed by atoms with Crippen molar-refractivity contribution in [2.24, 2.45) is 0 Å². The Balaban J connectivity index is 1.55. The smallest absolute Gasteiger partial charge is 0.269 e. The van der Waals surface area contributed by atoms with Crippen LogP contribution in [0.25, 0.3) is 10.7 Å². The second-order valence-electron chi connectivity index (χ2n) is 6.85. The van der Waals surface area contributed by atoms with Gasteiger partial charge in [0.25, 0.3) is 5.91 Å². The molecule has 0 atom stereocenters. The number of carbonyl (C=O) groups is 2. The summed E-state index contributed by atoms with van der Waals surface area (Å²) in [6.07, 6.45) is -0.0275. The third-order valence-corrected chi connectivity index (χ3v) is 6.04. The van der Waals surface area contributed by atoms with Crippen molar-refractivity contribution < 1.29 is 19.1 Å². The molecule has 0 bridgehead atoms. The molecular formula is C21H25N5O4S2. The lowest BCUT2D eigenvalue weighted by Gasteiger charge is -2.14. The van der Waals surface area contributed by atoms with Crippen molar-refractivity contribution in [1.82, 2.24) is 25.6 Å². The van der Waals surface area contributed by atoms with Crippen molar-refractivity contribution in [3.63, 3.8) is 0 Å². The Labute approximate surface area is 194 Å². The number of rotatable bonds is 9. The van der Waals surface area contributed by atoms with Gasteiger partial charge in [-0.3, -0.25) is 20.4 Å². The van der Waals surface area contributed by atoms with Crippen molar-refractivity contribution in [3.8, 4) is 22.2 Å². The van der Waals surface area contributed by atoms with E-state index in [2.05, 4.69) is 21.0 Å². The molecule has 0 radical (unpaired) electrons. The molecule has 2 aromatic heterocycles. The van der Waals surface area contributed by atoms with E-state index in [1.165, 1.54) is 18.9 Å². The first-order valence-electron chi connectivity index (χ1n) is 9.96. The van der Waals surface area contributed by atoms with Gasteiger partial charge in [0.15, 0.2) is 22.5 Å². The predicted octanol–water partition coefficient (Wildman–Crippen LogP) is 3.38. The van der Waals surface area contributed by atoms with E-state index < -0.39 is 5.91 Å². The SMILES string of the molecule is CCn1c(SCC(=O)NNC(=O)c2ccc(OC(C)C)c(OC)c2)nnc1-c1cccs1. The average Bonchev–Trinajstić information content (AvgIpc) is 3.45. The molecule has 170 valence electrons. The van der Waals surface area contributed by atoms with Crippen LogP contribution in [0.3, 0.4) is 0 Å². The Hall–Kier alpha value is -3.05. The number of aromatic nitrogens is 3. The summed E-state index contributed by atoms with van der Waals surface area (Å²) in [6, 6.07) is 8.76. The van der Waals surface area contributed by atoms with E-state index in [1.54, 1.807) is 29.5 Å². The molecule has 0 spiro atoms. The minimum absolute atomic E-state index is 0.0275. The number of hydrazine groups is 1. The zero-order chi connectivity index (χ0) is 23.1. The summed E-state index contributed by atoms with van der Waals surface area (Å²) < 4.78 is 12.9. The summed E-state index contributed by atoms with van der Waals surface area (Å²) in [5.74, 6) is 1.01. The van der Waals surface area contributed by atoms with Crippen LogP contribution < -0.4 is 20.3 Å². The van der Waals surface area contributed by atoms with Crippen LogP contribution in [0.15, 0.2) is 40.9 Å². The molecule has 0 saturated carbocycles. The number of benzene rings is 1. The Morgan fingerprint density at radius 1 is 1.19 bits per heavy atom. The molecule has 0 aliphatic rings. The number of nitrogens with zero attached hydrogens (tertiary/aromatic N) is 3. The molecule has 2 N–H and O–H groups in total. The number of thioether (sulfide) groups is 1. The van der Waals surface area contributed by atoms with Gasteiger partial charge in [-0.2, -0.15) is 0 Å². The summed E-state index contributed by atoms with van der Waals surface area (Å²) in [7, 11) is 1.50. The van der Waals surface area contributed by atoms with Gasteiger partial charge < -0.3 is 14.0 Å². The van der Waals surface area contributed by atoms with Gasteiger partial charge in [0.05, 0.1) is 23.8 Å². The minimum atomic E-state index is -0.463. The lowest BCUT2D eigenvalue weighted by Crippen LogP contribution is -2.42. The number of thiophene rings is 1. The van der Waals surface area contributed by atoms with Crippen molar-refractivity contribution >= 4 is 34.9 Å². The zero-order valence-corrected chi connectivity index (χ0v) is 19.9. The Bertz CT molecular complexity index is 1070. The summed E-state index contributed by atoms with van der Waals surface area (Å²) in [5, 5.41) is 11.1. The first-order valence-corrected chi connectivity index (χ1v) is 11.8. The molecule has 0 aliphatic heterocycles. The lowest BCUT2D eigenvalue weighted by atomic mass is 10.2. The minimum Gasteiger partial charge on any atom is -0.493 e. The van der Waals surface area contributed by atoms with Gasteiger partial charge in [-0.15, -0.1) is 21.5 Å². The predicted molar refractivity (Wildman–Crippen MR) is 124 cm³/mol. The standard InChI is InChI=1S/C21H25N5O4S2/c1-5-26-19(17-7-6-10-31-17)23-25-21(26)32-12-18(27)22-24-20(28)14-8-9-15(30-13(2)3)16(11-14)29-4/h6-11,13H,5,12H2,1-4H3,(H,22,27)(H,24,28). The lowest BCUT2D eigenvalue weighted by molar-refractivity contribution is -0.119. The van der Waals surface area contributed by atoms with Crippen LogP contribution in [0.5, 0.6) is 11.5 Å². The molecular weight excluding hydrogens is 450 g/mol. The van der Waals surface area contributed by atoms with E-state index in [-0.39, 0.29) is 17.8 Å². The van der Waals surface area contributed by atoms with E-state index in [1.807, 2.05) is 42.9 Å². The van der Waals surface area contributed by atoms with Gasteiger partial charge in [0, 0.05) is 12.1 Å². The molecule has 0 saturated heterocycles. The molecule has 0 aliphatic carbocycles. The van der Waals surface area contributed by atoms with Crippen LogP contribution in [0.2, 0.25) is 0 Å². The van der Waals surface area contributed by atoms with Crippen LogP contribution in [0.4, 0.5) is 0 Å². The van der Waals surface area contributed by atoms with Crippen LogP contribution in [-0.4, -0.2) is 45.5 Å². The molecule has 11 heteroatoms. The van der Waals surface area contributed by atoms with Crippen LogP contribution in [-0.2, 0) is 11.3 Å². The number of amides is 2. The maximum Gasteiger partial charge on any atom is 0.269 e. The highest BCUT2D eigenvalue weighted by atomic mass is 32.2. The largest absolute Gasteiger partial charge is 0.493 e. The van der Waals surface area contributed by atoms with Gasteiger partial charge in [0.1, 0.15) is 0 Å². The fourth-order valence-corrected chi connectivity index (χ4v) is 4.31. The topological polar surface area (TPSA) is 107 Å². The third kappa shape index (κ3) is 5.80. The fraction of sp³-hybridized carbons (Fsp3) is 0.333. The highest BCUT2D eigenvalue weighted by molar-refractivity contribution is 7.99. The summed E-state index contributed by atoms with van der Waals surface area (Å²) in [4.78, 5) is 25.7. The van der Waals surface area contributed by atoms with Crippen molar-refractivity contribution in [2.75, 3.05) is 12.9 Å². The monoisotopic (exact) mass is 475 g/mol. The molecule has 32 heavy (non-hydrogen) atoms. The van der Waals surface area contributed by atoms with Crippen molar-refractivity contribution in [2.45, 2.75) is 38.6 Å². The van der Waals surface area contributed by atoms with Gasteiger partial charge in [-0.25, -0.2) is 0 Å². The quantitative estimate of drug-likeness (QED) is 0.361. The van der Waals surface area contributed by atoms with Crippen molar-refractivity contribution in [3.05, 3.63) is 41.3 Å². The van der Waals surface area contributed by atoms with E-state index in [0.29, 0.717) is 28.8 Å². The van der Waals surface area contributed by atoms with Gasteiger partial charge >= 0.3 is 0 Å². The Morgan fingerprint density at radius 2 is 2.00 bits per heavy atom. The molecule has 2 heterocycles.